The molecule has 25 heavy (non-hydrogen) atoms. The summed E-state index contributed by atoms with van der Waals surface area (Å²) in [5, 5.41) is 0. The molecule has 0 spiro atoms. The maximum absolute atomic E-state index is 12.7. The van der Waals surface area contributed by atoms with Gasteiger partial charge in [0.2, 0.25) is 10.0 Å². The molecule has 0 bridgehead atoms. The van der Waals surface area contributed by atoms with E-state index in [-0.39, 0.29) is 15.8 Å². The van der Waals surface area contributed by atoms with Gasteiger partial charge >= 0.3 is 0 Å². The molecule has 0 amide bonds. The minimum absolute atomic E-state index is 0.0459. The second-order valence-corrected chi connectivity index (χ2v) is 10.2. The average Bonchev–Trinajstić information content (AvgIpc) is 2.54. The molecular weight excluding hydrogens is 358 g/mol. The third kappa shape index (κ3) is 5.39. The minimum atomic E-state index is -3.76. The molecule has 2 aromatic carbocycles. The number of sulfonamides is 1. The molecule has 0 saturated carbocycles. The molecule has 136 valence electrons. The fourth-order valence-electron chi connectivity index (χ4n) is 2.53. The zero-order valence-corrected chi connectivity index (χ0v) is 16.1. The highest BCUT2D eigenvalue weighted by atomic mass is 32.2. The Morgan fingerprint density at radius 3 is 1.84 bits per heavy atom. The normalized spacial score (nSPS) is 13.8. The second kappa shape index (κ2) is 7.68. The topological polar surface area (TPSA) is 80.3 Å². The first-order valence-corrected chi connectivity index (χ1v) is 11.3. The van der Waals surface area contributed by atoms with E-state index in [0.717, 1.165) is 11.8 Å². The number of benzene rings is 2. The number of hydrogen-bond donors (Lipinski definition) is 1. The summed E-state index contributed by atoms with van der Waals surface area (Å²) >= 11 is 0. The van der Waals surface area contributed by atoms with E-state index in [0.29, 0.717) is 12.3 Å². The van der Waals surface area contributed by atoms with Crippen LogP contribution in [0.3, 0.4) is 0 Å². The van der Waals surface area contributed by atoms with Crippen LogP contribution in [0.4, 0.5) is 0 Å². The van der Waals surface area contributed by atoms with Gasteiger partial charge < -0.3 is 0 Å². The lowest BCUT2D eigenvalue weighted by Crippen LogP contribution is -2.29. The first-order valence-electron chi connectivity index (χ1n) is 7.97. The minimum Gasteiger partial charge on any atom is -0.224 e. The maximum Gasteiger partial charge on any atom is 0.241 e. The quantitative estimate of drug-likeness (QED) is 0.799. The van der Waals surface area contributed by atoms with E-state index in [1.165, 1.54) is 24.3 Å². The molecule has 7 heteroatoms. The van der Waals surface area contributed by atoms with Gasteiger partial charge in [-0.15, -0.1) is 0 Å². The zero-order chi connectivity index (χ0) is 18.7. The van der Waals surface area contributed by atoms with Crippen LogP contribution < -0.4 is 4.72 Å². The van der Waals surface area contributed by atoms with Crippen molar-refractivity contribution in [3.63, 3.8) is 0 Å². The molecule has 0 aromatic heterocycles. The Kier molecular flexibility index (Phi) is 6.03. The van der Waals surface area contributed by atoms with Crippen LogP contribution in [0.5, 0.6) is 0 Å². The van der Waals surface area contributed by atoms with Crippen LogP contribution in [0, 0.1) is 5.92 Å². The van der Waals surface area contributed by atoms with E-state index in [1.54, 1.807) is 0 Å². The standard InChI is InChI=1S/C18H23NO4S2/c1-14(2)13-18(15-7-5-4-6-8-15)19-25(22,23)17-11-9-16(10-12-17)24(3,20)21/h4-12,14,18-19H,13H2,1-3H3. The van der Waals surface area contributed by atoms with Gasteiger partial charge in [0.25, 0.3) is 0 Å². The highest BCUT2D eigenvalue weighted by Gasteiger charge is 2.22. The third-order valence-corrected chi connectivity index (χ3v) is 6.38. The van der Waals surface area contributed by atoms with Crippen molar-refractivity contribution in [2.75, 3.05) is 6.26 Å². The van der Waals surface area contributed by atoms with Crippen molar-refractivity contribution in [3.8, 4) is 0 Å². The summed E-state index contributed by atoms with van der Waals surface area (Å²) in [7, 11) is -7.12. The Morgan fingerprint density at radius 1 is 0.840 bits per heavy atom. The summed E-state index contributed by atoms with van der Waals surface area (Å²) < 4.78 is 51.2. The first-order chi connectivity index (χ1) is 11.6. The van der Waals surface area contributed by atoms with Crippen molar-refractivity contribution in [3.05, 3.63) is 60.2 Å². The van der Waals surface area contributed by atoms with Crippen LogP contribution in [0.2, 0.25) is 0 Å². The van der Waals surface area contributed by atoms with Crippen LogP contribution in [0.15, 0.2) is 64.4 Å². The predicted octanol–water partition coefficient (Wildman–Crippen LogP) is 3.16. The molecule has 1 unspecified atom stereocenters. The number of hydrogen-bond acceptors (Lipinski definition) is 4. The Bertz CT molecular complexity index is 903. The van der Waals surface area contributed by atoms with Gasteiger partial charge in [0.1, 0.15) is 0 Å². The molecule has 0 aliphatic rings. The maximum atomic E-state index is 12.7. The van der Waals surface area contributed by atoms with E-state index >= 15 is 0 Å². The molecule has 0 heterocycles. The molecular formula is C18H23NO4S2. The van der Waals surface area contributed by atoms with Gasteiger partial charge in [-0.3, -0.25) is 0 Å². The molecule has 1 atom stereocenters. The van der Waals surface area contributed by atoms with Crippen LogP contribution in [-0.4, -0.2) is 23.1 Å². The van der Waals surface area contributed by atoms with Gasteiger partial charge in [-0.1, -0.05) is 44.2 Å². The first kappa shape index (κ1) is 19.6. The fourth-order valence-corrected chi connectivity index (χ4v) is 4.40. The molecule has 0 fully saturated rings. The smallest absolute Gasteiger partial charge is 0.224 e. The molecule has 2 aromatic rings. The van der Waals surface area contributed by atoms with Gasteiger partial charge in [0.15, 0.2) is 9.84 Å². The van der Waals surface area contributed by atoms with E-state index in [9.17, 15) is 16.8 Å². The van der Waals surface area contributed by atoms with E-state index in [1.807, 2.05) is 44.2 Å². The van der Waals surface area contributed by atoms with Gasteiger partial charge in [0.05, 0.1) is 9.79 Å². The molecule has 0 aliphatic heterocycles. The summed E-state index contributed by atoms with van der Waals surface area (Å²) in [6.45, 7) is 4.07. The molecule has 5 nitrogen and oxygen atoms in total. The summed E-state index contributed by atoms with van der Waals surface area (Å²) in [4.78, 5) is 0.137. The molecule has 0 radical (unpaired) electrons. The van der Waals surface area contributed by atoms with Crippen molar-refractivity contribution in [1.29, 1.82) is 0 Å². The van der Waals surface area contributed by atoms with Gasteiger partial charge in [0, 0.05) is 12.3 Å². The lowest BCUT2D eigenvalue weighted by atomic mass is 9.98. The van der Waals surface area contributed by atoms with Crippen LogP contribution in [0.1, 0.15) is 31.9 Å². The van der Waals surface area contributed by atoms with Gasteiger partial charge in [-0.05, 0) is 42.2 Å². The lowest BCUT2D eigenvalue weighted by molar-refractivity contribution is 0.472. The van der Waals surface area contributed by atoms with Gasteiger partial charge in [-0.25, -0.2) is 21.6 Å². The number of sulfone groups is 1. The Labute approximate surface area is 150 Å². The molecule has 1 N–H and O–H groups in total. The van der Waals surface area contributed by atoms with Crippen LogP contribution in [-0.2, 0) is 19.9 Å². The Hall–Kier alpha value is -1.70. The Balaban J connectivity index is 2.31. The Morgan fingerprint density at radius 2 is 1.36 bits per heavy atom. The fraction of sp³-hybridized carbons (Fsp3) is 0.333. The molecule has 2 rings (SSSR count). The van der Waals surface area contributed by atoms with E-state index in [2.05, 4.69) is 4.72 Å². The van der Waals surface area contributed by atoms with E-state index in [4.69, 9.17) is 0 Å². The highest BCUT2D eigenvalue weighted by Crippen LogP contribution is 2.24. The molecule has 0 aliphatic carbocycles. The second-order valence-electron chi connectivity index (χ2n) is 6.46. The van der Waals surface area contributed by atoms with Crippen LogP contribution in [0.25, 0.3) is 0 Å². The monoisotopic (exact) mass is 381 g/mol. The summed E-state index contributed by atoms with van der Waals surface area (Å²) in [5.74, 6) is 0.306. The van der Waals surface area contributed by atoms with Crippen molar-refractivity contribution in [1.82, 2.24) is 4.72 Å². The SMILES string of the molecule is CC(C)CC(NS(=O)(=O)c1ccc(S(C)(=O)=O)cc1)c1ccccc1. The predicted molar refractivity (Wildman–Crippen MR) is 98.5 cm³/mol. The van der Waals surface area contributed by atoms with Crippen molar-refractivity contribution >= 4 is 19.9 Å². The highest BCUT2D eigenvalue weighted by molar-refractivity contribution is 7.90. The lowest BCUT2D eigenvalue weighted by Gasteiger charge is -2.21. The average molecular weight is 382 g/mol. The number of rotatable bonds is 7. The third-order valence-electron chi connectivity index (χ3n) is 3.77. The zero-order valence-electron chi connectivity index (χ0n) is 14.5. The largest absolute Gasteiger partial charge is 0.241 e. The van der Waals surface area contributed by atoms with E-state index < -0.39 is 19.9 Å². The summed E-state index contributed by atoms with van der Waals surface area (Å²) in [5.41, 5.74) is 0.896. The summed E-state index contributed by atoms with van der Waals surface area (Å²) in [6, 6.07) is 14.3. The van der Waals surface area contributed by atoms with Gasteiger partial charge in [-0.2, -0.15) is 0 Å². The summed E-state index contributed by atoms with van der Waals surface area (Å²) in [6.07, 6.45) is 1.74. The van der Waals surface area contributed by atoms with Crippen LogP contribution >= 0.6 is 0 Å². The molecule has 0 saturated heterocycles. The van der Waals surface area contributed by atoms with Crippen molar-refractivity contribution in [2.24, 2.45) is 5.92 Å². The van der Waals surface area contributed by atoms with Crippen molar-refractivity contribution in [2.45, 2.75) is 36.1 Å². The number of nitrogens with one attached hydrogen (secondary N) is 1. The van der Waals surface area contributed by atoms with Crippen molar-refractivity contribution < 1.29 is 16.8 Å².